The Morgan fingerprint density at radius 3 is 2.79 bits per heavy atom. The lowest BCUT2D eigenvalue weighted by Crippen LogP contribution is -2.09. The fourth-order valence-electron chi connectivity index (χ4n) is 1.29. The van der Waals surface area contributed by atoms with Crippen LogP contribution >= 0.6 is 11.8 Å². The lowest BCUT2D eigenvalue weighted by molar-refractivity contribution is 0.0982. The van der Waals surface area contributed by atoms with Crippen molar-refractivity contribution >= 4 is 17.5 Å². The number of carbonyl (C=O) groups is 1. The second-order valence-electron chi connectivity index (χ2n) is 3.17. The van der Waals surface area contributed by atoms with E-state index in [2.05, 4.69) is 0 Å². The Hall–Kier alpha value is -0.800. The summed E-state index contributed by atoms with van der Waals surface area (Å²) in [7, 11) is 0. The average Bonchev–Trinajstić information content (AvgIpc) is 2.17. The number of hydrogen-bond donors (Lipinski definition) is 1. The highest BCUT2D eigenvalue weighted by Gasteiger charge is 2.09. The molecular weight excluding hydrogens is 194 g/mol. The third-order valence-corrected chi connectivity index (χ3v) is 2.81. The predicted molar refractivity (Wildman–Crippen MR) is 61.0 cm³/mol. The molecule has 0 spiro atoms. The van der Waals surface area contributed by atoms with Crippen LogP contribution in [0.4, 0.5) is 0 Å². The van der Waals surface area contributed by atoms with Gasteiger partial charge in [-0.15, -0.1) is 11.8 Å². The molecule has 0 heterocycles. The van der Waals surface area contributed by atoms with E-state index in [9.17, 15) is 4.79 Å². The molecule has 0 amide bonds. The summed E-state index contributed by atoms with van der Waals surface area (Å²) >= 11 is 1.60. The molecule has 0 radical (unpaired) electrons. The maximum Gasteiger partial charge on any atom is 0.165 e. The topological polar surface area (TPSA) is 43.1 Å². The summed E-state index contributed by atoms with van der Waals surface area (Å²) < 4.78 is 0. The third-order valence-electron chi connectivity index (χ3n) is 2.03. The molecule has 0 unspecified atom stereocenters. The summed E-state index contributed by atoms with van der Waals surface area (Å²) in [5, 5.41) is 0. The molecule has 1 aromatic carbocycles. The van der Waals surface area contributed by atoms with E-state index in [1.54, 1.807) is 11.8 Å². The van der Waals surface area contributed by atoms with Gasteiger partial charge in [-0.05, 0) is 31.4 Å². The summed E-state index contributed by atoms with van der Waals surface area (Å²) in [6, 6.07) is 5.89. The van der Waals surface area contributed by atoms with Crippen LogP contribution in [0, 0.1) is 6.92 Å². The highest BCUT2D eigenvalue weighted by atomic mass is 32.2. The van der Waals surface area contributed by atoms with E-state index < -0.39 is 0 Å². The van der Waals surface area contributed by atoms with Crippen molar-refractivity contribution < 1.29 is 4.79 Å². The Kier molecular flexibility index (Phi) is 4.17. The molecule has 1 aromatic rings. The van der Waals surface area contributed by atoms with E-state index in [1.807, 2.05) is 31.4 Å². The van der Waals surface area contributed by atoms with Crippen LogP contribution in [0.2, 0.25) is 0 Å². The number of ketones is 1. The first-order valence-corrected chi connectivity index (χ1v) is 5.79. The molecule has 0 saturated heterocycles. The minimum atomic E-state index is 0.136. The molecule has 0 saturated carbocycles. The van der Waals surface area contributed by atoms with Gasteiger partial charge in [0, 0.05) is 16.9 Å². The normalized spacial score (nSPS) is 10.2. The van der Waals surface area contributed by atoms with Crippen molar-refractivity contribution in [2.45, 2.75) is 18.2 Å². The van der Waals surface area contributed by atoms with Crippen LogP contribution in [-0.4, -0.2) is 18.6 Å². The summed E-state index contributed by atoms with van der Waals surface area (Å²) in [5.74, 6) is 0.136. The van der Waals surface area contributed by atoms with Gasteiger partial charge in [0.2, 0.25) is 0 Å². The maximum absolute atomic E-state index is 11.6. The smallest absolute Gasteiger partial charge is 0.165 e. The standard InChI is InChI=1S/C11H15NOS/c1-8-3-4-9(10(13)5-6-12)11(7-8)14-2/h3-4,7H,5-6,12H2,1-2H3. The molecule has 3 heteroatoms. The van der Waals surface area contributed by atoms with Gasteiger partial charge >= 0.3 is 0 Å². The van der Waals surface area contributed by atoms with Crippen LogP contribution in [0.3, 0.4) is 0 Å². The summed E-state index contributed by atoms with van der Waals surface area (Å²) in [5.41, 5.74) is 7.34. The molecule has 0 aliphatic carbocycles. The zero-order valence-electron chi connectivity index (χ0n) is 8.54. The van der Waals surface area contributed by atoms with Gasteiger partial charge in [-0.25, -0.2) is 0 Å². The van der Waals surface area contributed by atoms with Crippen LogP contribution < -0.4 is 5.73 Å². The molecule has 2 N–H and O–H groups in total. The summed E-state index contributed by atoms with van der Waals surface area (Å²) in [6.07, 6.45) is 2.41. The number of Topliss-reactive ketones (excluding diaryl/α,β-unsaturated/α-hetero) is 1. The van der Waals surface area contributed by atoms with Crippen LogP contribution in [0.5, 0.6) is 0 Å². The lowest BCUT2D eigenvalue weighted by atomic mass is 10.1. The Labute approximate surface area is 88.9 Å². The quantitative estimate of drug-likeness (QED) is 0.611. The third kappa shape index (κ3) is 2.59. The van der Waals surface area contributed by atoms with E-state index in [0.29, 0.717) is 13.0 Å². The molecule has 0 bridgehead atoms. The van der Waals surface area contributed by atoms with Crippen LogP contribution in [0.15, 0.2) is 23.1 Å². The van der Waals surface area contributed by atoms with E-state index in [-0.39, 0.29) is 5.78 Å². The molecular formula is C11H15NOS. The number of hydrogen-bond acceptors (Lipinski definition) is 3. The molecule has 76 valence electrons. The zero-order valence-corrected chi connectivity index (χ0v) is 9.36. The highest BCUT2D eigenvalue weighted by molar-refractivity contribution is 7.98. The zero-order chi connectivity index (χ0) is 10.6. The van der Waals surface area contributed by atoms with Crippen molar-refractivity contribution in [1.82, 2.24) is 0 Å². The number of rotatable bonds is 4. The highest BCUT2D eigenvalue weighted by Crippen LogP contribution is 2.22. The Balaban J connectivity index is 3.01. The Morgan fingerprint density at radius 2 is 2.21 bits per heavy atom. The molecule has 0 aliphatic heterocycles. The van der Waals surface area contributed by atoms with Crippen molar-refractivity contribution in [3.63, 3.8) is 0 Å². The second kappa shape index (κ2) is 5.17. The molecule has 0 aromatic heterocycles. The number of benzene rings is 1. The van der Waals surface area contributed by atoms with E-state index >= 15 is 0 Å². The van der Waals surface area contributed by atoms with Crippen molar-refractivity contribution in [1.29, 1.82) is 0 Å². The maximum atomic E-state index is 11.6. The minimum Gasteiger partial charge on any atom is -0.330 e. The largest absolute Gasteiger partial charge is 0.330 e. The molecule has 0 aliphatic rings. The summed E-state index contributed by atoms with van der Waals surface area (Å²) in [6.45, 7) is 2.44. The Morgan fingerprint density at radius 1 is 1.50 bits per heavy atom. The van der Waals surface area contributed by atoms with Gasteiger partial charge in [0.1, 0.15) is 0 Å². The lowest BCUT2D eigenvalue weighted by Gasteiger charge is -2.06. The first-order valence-electron chi connectivity index (χ1n) is 4.57. The van der Waals surface area contributed by atoms with Crippen molar-refractivity contribution in [2.24, 2.45) is 5.73 Å². The molecule has 1 rings (SSSR count). The van der Waals surface area contributed by atoms with Crippen LogP contribution in [0.1, 0.15) is 22.3 Å². The van der Waals surface area contributed by atoms with Gasteiger partial charge < -0.3 is 5.73 Å². The number of carbonyl (C=O) groups excluding carboxylic acids is 1. The van der Waals surface area contributed by atoms with Gasteiger partial charge in [-0.2, -0.15) is 0 Å². The number of aryl methyl sites for hydroxylation is 1. The van der Waals surface area contributed by atoms with E-state index in [4.69, 9.17) is 5.73 Å². The number of nitrogens with two attached hydrogens (primary N) is 1. The molecule has 0 atom stereocenters. The van der Waals surface area contributed by atoms with Gasteiger partial charge in [0.15, 0.2) is 5.78 Å². The van der Waals surface area contributed by atoms with Crippen LogP contribution in [-0.2, 0) is 0 Å². The van der Waals surface area contributed by atoms with E-state index in [0.717, 1.165) is 10.5 Å². The molecule has 0 fully saturated rings. The van der Waals surface area contributed by atoms with Crippen molar-refractivity contribution in [3.8, 4) is 0 Å². The molecule has 2 nitrogen and oxygen atoms in total. The van der Waals surface area contributed by atoms with Crippen molar-refractivity contribution in [2.75, 3.05) is 12.8 Å². The van der Waals surface area contributed by atoms with Crippen molar-refractivity contribution in [3.05, 3.63) is 29.3 Å². The van der Waals surface area contributed by atoms with E-state index in [1.165, 1.54) is 5.56 Å². The van der Waals surface area contributed by atoms with Crippen LogP contribution in [0.25, 0.3) is 0 Å². The van der Waals surface area contributed by atoms with Gasteiger partial charge in [-0.1, -0.05) is 12.1 Å². The SMILES string of the molecule is CSc1cc(C)ccc1C(=O)CCN. The van der Waals surface area contributed by atoms with Gasteiger partial charge in [0.05, 0.1) is 0 Å². The average molecular weight is 209 g/mol. The minimum absolute atomic E-state index is 0.136. The fraction of sp³-hybridized carbons (Fsp3) is 0.364. The first-order chi connectivity index (χ1) is 6.69. The van der Waals surface area contributed by atoms with Gasteiger partial charge in [-0.3, -0.25) is 4.79 Å². The molecule has 14 heavy (non-hydrogen) atoms. The second-order valence-corrected chi connectivity index (χ2v) is 4.01. The predicted octanol–water partition coefficient (Wildman–Crippen LogP) is 2.25. The summed E-state index contributed by atoms with van der Waals surface area (Å²) in [4.78, 5) is 12.7. The monoisotopic (exact) mass is 209 g/mol. The number of thioether (sulfide) groups is 1. The fourth-order valence-corrected chi connectivity index (χ4v) is 2.00. The van der Waals surface area contributed by atoms with Gasteiger partial charge in [0.25, 0.3) is 0 Å². The first kappa shape index (κ1) is 11.3. The Bertz CT molecular complexity index is 336.